The van der Waals surface area contributed by atoms with Crippen LogP contribution in [0, 0.1) is 0 Å². The van der Waals surface area contributed by atoms with Crippen molar-refractivity contribution >= 4 is 20.2 Å². The minimum absolute atomic E-state index is 0. The molecule has 0 aliphatic heterocycles. The van der Waals surface area contributed by atoms with E-state index < -0.39 is 0 Å². The van der Waals surface area contributed by atoms with Gasteiger partial charge >= 0.3 is 20.2 Å². The Balaban J connectivity index is -0.000000000333. The van der Waals surface area contributed by atoms with Gasteiger partial charge in [-0.2, -0.15) is 0 Å². The van der Waals surface area contributed by atoms with Crippen molar-refractivity contribution in [1.29, 1.82) is 0 Å². The molecule has 0 saturated heterocycles. The van der Waals surface area contributed by atoms with Gasteiger partial charge in [0.1, 0.15) is 0 Å². The Labute approximate surface area is 37.8 Å². The molecule has 0 aromatic rings. The molecule has 0 fully saturated rings. The molecule has 0 heterocycles. The van der Waals surface area contributed by atoms with Gasteiger partial charge in [-0.1, -0.05) is 0 Å². The van der Waals surface area contributed by atoms with Crippen LogP contribution in [0.4, 0.5) is 0 Å². The van der Waals surface area contributed by atoms with E-state index in [2.05, 4.69) is 0 Å². The molecule has 22 valence electrons. The number of hydrogen-bond donors (Lipinski definition) is 2. The van der Waals surface area contributed by atoms with Gasteiger partial charge in [-0.15, -0.1) is 0 Å². The van der Waals surface area contributed by atoms with Crippen molar-refractivity contribution in [3.05, 3.63) is 0 Å². The van der Waals surface area contributed by atoms with Crippen molar-refractivity contribution < 1.29 is 16.2 Å². The number of hydrogen-bond acceptors (Lipinski definition) is 2. The standard InChI is InChI=1S/2Be.H2O2.4H/c;;1-2;;;;/h;;1-2H;;;;/q2*+2;;4*-1. The molecule has 0 unspecified atom stereocenters. The molecule has 0 aromatic carbocycles. The average molecular weight is 56.1 g/mol. The minimum atomic E-state index is 0. The fourth-order valence-corrected chi connectivity index (χ4v) is 0. The maximum absolute atomic E-state index is 6.00. The van der Waals surface area contributed by atoms with E-state index >= 15 is 0 Å². The average Bonchev–Trinajstić information content (AvgIpc) is 1.00. The summed E-state index contributed by atoms with van der Waals surface area (Å²) in [5.41, 5.74) is 0. The van der Waals surface area contributed by atoms with Crippen molar-refractivity contribution in [1.82, 2.24) is 0 Å². The Hall–Kier alpha value is 0.258. The van der Waals surface area contributed by atoms with Gasteiger partial charge in [-0.05, 0) is 0 Å². The van der Waals surface area contributed by atoms with Crippen LogP contribution >= 0.6 is 0 Å². The third kappa shape index (κ3) is 53.8. The summed E-state index contributed by atoms with van der Waals surface area (Å²) in [6, 6.07) is 0. The van der Waals surface area contributed by atoms with Crippen LogP contribution in [0.1, 0.15) is 5.71 Å². The summed E-state index contributed by atoms with van der Waals surface area (Å²) in [5.74, 6) is 0. The van der Waals surface area contributed by atoms with Crippen molar-refractivity contribution in [3.63, 3.8) is 0 Å². The minimum Gasteiger partial charge on any atom is -1.00 e. The molecular weight excluding hydrogens is 50.0 g/mol. The third-order valence-corrected chi connectivity index (χ3v) is 0. The molecule has 0 amide bonds. The van der Waals surface area contributed by atoms with Crippen LogP contribution in [-0.4, -0.2) is 30.8 Å². The summed E-state index contributed by atoms with van der Waals surface area (Å²) in [4.78, 5) is 0. The first-order chi connectivity index (χ1) is 1.00. The monoisotopic (exact) mass is 56.1 g/mol. The van der Waals surface area contributed by atoms with Gasteiger partial charge in [0.05, 0.1) is 0 Å². The molecule has 0 radical (unpaired) electrons. The van der Waals surface area contributed by atoms with Crippen LogP contribution in [0.5, 0.6) is 0 Å². The molecule has 0 bridgehead atoms. The van der Waals surface area contributed by atoms with Gasteiger partial charge in [0.25, 0.3) is 0 Å². The predicted molar refractivity (Wildman–Crippen MR) is 21.2 cm³/mol. The number of rotatable bonds is 0. The van der Waals surface area contributed by atoms with Gasteiger partial charge in [0.15, 0.2) is 0 Å². The molecule has 0 aliphatic carbocycles. The van der Waals surface area contributed by atoms with E-state index in [1.165, 1.54) is 0 Å². The van der Waals surface area contributed by atoms with Crippen molar-refractivity contribution in [3.8, 4) is 0 Å². The van der Waals surface area contributed by atoms with E-state index in [4.69, 9.17) is 10.5 Å². The Bertz CT molecular complexity index is 12.0. The van der Waals surface area contributed by atoms with Crippen LogP contribution in [0.25, 0.3) is 0 Å². The molecule has 0 saturated carbocycles. The van der Waals surface area contributed by atoms with Gasteiger partial charge in [-0.25, -0.2) is 0 Å². The van der Waals surface area contributed by atoms with E-state index in [1.807, 2.05) is 0 Å². The normalized spacial score (nSPS) is 1.50. The molecule has 0 rings (SSSR count). The quantitative estimate of drug-likeness (QED) is 0.227. The fraction of sp³-hybridized carbons (Fsp3) is 0. The third-order valence-electron chi connectivity index (χ3n) is 0. The molecular formula is H6Be2O2. The first kappa shape index (κ1) is 28.6. The first-order valence-corrected chi connectivity index (χ1v) is 0.200. The summed E-state index contributed by atoms with van der Waals surface area (Å²) in [7, 11) is 0. The summed E-state index contributed by atoms with van der Waals surface area (Å²) in [6.07, 6.45) is 0. The summed E-state index contributed by atoms with van der Waals surface area (Å²) < 4.78 is 0. The van der Waals surface area contributed by atoms with E-state index in [0.717, 1.165) is 0 Å². The fourth-order valence-electron chi connectivity index (χ4n) is 0. The molecule has 2 N–H and O–H groups in total. The molecule has 0 atom stereocenters. The van der Waals surface area contributed by atoms with Crippen LogP contribution in [0.3, 0.4) is 0 Å². The van der Waals surface area contributed by atoms with Crippen molar-refractivity contribution in [2.45, 2.75) is 0 Å². The Kier molecular flexibility index (Phi) is 1790. The van der Waals surface area contributed by atoms with Crippen molar-refractivity contribution in [2.75, 3.05) is 0 Å². The van der Waals surface area contributed by atoms with Crippen LogP contribution in [-0.2, 0) is 0 Å². The van der Waals surface area contributed by atoms with Crippen LogP contribution < -0.4 is 0 Å². The first-order valence-electron chi connectivity index (χ1n) is 0.200. The molecule has 0 aromatic heterocycles. The molecule has 4 heavy (non-hydrogen) atoms. The maximum atomic E-state index is 6.00. The zero-order valence-corrected chi connectivity index (χ0v) is 2.31. The molecule has 2 nitrogen and oxygen atoms in total. The van der Waals surface area contributed by atoms with Gasteiger partial charge in [0.2, 0.25) is 0 Å². The van der Waals surface area contributed by atoms with E-state index in [-0.39, 0.29) is 25.9 Å². The van der Waals surface area contributed by atoms with Gasteiger partial charge in [-0.3, -0.25) is 10.5 Å². The summed E-state index contributed by atoms with van der Waals surface area (Å²) in [5, 5.41) is 12.0. The van der Waals surface area contributed by atoms with Crippen molar-refractivity contribution in [2.24, 2.45) is 0 Å². The SMILES string of the molecule is OO.[Be+2].[Be+2].[H-].[H-].[H-].[H-]. The van der Waals surface area contributed by atoms with E-state index in [1.54, 1.807) is 0 Å². The molecule has 4 heteroatoms. The van der Waals surface area contributed by atoms with E-state index in [9.17, 15) is 0 Å². The van der Waals surface area contributed by atoms with Crippen LogP contribution in [0.15, 0.2) is 0 Å². The zero-order valence-electron chi connectivity index (χ0n) is 6.31. The van der Waals surface area contributed by atoms with Gasteiger partial charge < -0.3 is 5.71 Å². The second kappa shape index (κ2) is 250. The second-order valence-electron chi connectivity index (χ2n) is 0. The Morgan fingerprint density at radius 1 is 1.00 bits per heavy atom. The Morgan fingerprint density at radius 2 is 1.00 bits per heavy atom. The smallest absolute Gasteiger partial charge is 1.00 e. The largest absolute Gasteiger partial charge is 2.00 e. The topological polar surface area (TPSA) is 40.5 Å². The van der Waals surface area contributed by atoms with E-state index in [0.29, 0.717) is 0 Å². The maximum Gasteiger partial charge on any atom is 2.00 e. The van der Waals surface area contributed by atoms with Crippen LogP contribution in [0.2, 0.25) is 0 Å². The Morgan fingerprint density at radius 3 is 1.00 bits per heavy atom. The predicted octanol–water partition coefficient (Wildman–Crippen LogP) is -0.294. The molecule has 0 spiro atoms. The zero-order chi connectivity index (χ0) is 2.00. The summed E-state index contributed by atoms with van der Waals surface area (Å²) >= 11 is 0. The molecule has 0 aliphatic rings. The summed E-state index contributed by atoms with van der Waals surface area (Å²) in [6.45, 7) is 0. The van der Waals surface area contributed by atoms with Gasteiger partial charge in [0, 0.05) is 0 Å². The second-order valence-corrected chi connectivity index (χ2v) is 0.